The summed E-state index contributed by atoms with van der Waals surface area (Å²) in [6.45, 7) is 2.84. The first-order valence-electron chi connectivity index (χ1n) is 6.57. The van der Waals surface area contributed by atoms with E-state index < -0.39 is 0 Å². The lowest BCUT2D eigenvalue weighted by molar-refractivity contribution is 0.994. The summed E-state index contributed by atoms with van der Waals surface area (Å²) in [4.78, 5) is 7.72. The van der Waals surface area contributed by atoms with Gasteiger partial charge in [-0.2, -0.15) is 0 Å². The fourth-order valence-electron chi connectivity index (χ4n) is 2.23. The SMILES string of the molecule is Cc1nc2sccn2c1CNc1cccc(N(C)C)c1. The van der Waals surface area contributed by atoms with Gasteiger partial charge >= 0.3 is 0 Å². The first kappa shape index (κ1) is 13.0. The molecule has 0 amide bonds. The van der Waals surface area contributed by atoms with E-state index in [9.17, 15) is 0 Å². The predicted octanol–water partition coefficient (Wildman–Crippen LogP) is 3.38. The number of aromatic nitrogens is 2. The summed E-state index contributed by atoms with van der Waals surface area (Å²) in [5.41, 5.74) is 4.63. The normalized spacial score (nSPS) is 10.9. The molecule has 1 N–H and O–H groups in total. The molecular formula is C15H18N4S. The molecule has 3 aromatic rings. The standard InChI is InChI=1S/C15H18N4S/c1-11-14(19-7-8-20-15(19)17-11)10-16-12-5-4-6-13(9-12)18(2)3/h4-9,16H,10H2,1-3H3. The van der Waals surface area contributed by atoms with Crippen LogP contribution in [0.25, 0.3) is 4.96 Å². The molecule has 1 aromatic carbocycles. The van der Waals surface area contributed by atoms with Crippen molar-refractivity contribution in [2.24, 2.45) is 0 Å². The highest BCUT2D eigenvalue weighted by Crippen LogP contribution is 2.20. The minimum absolute atomic E-state index is 0.778. The molecule has 2 heterocycles. The first-order chi connectivity index (χ1) is 9.65. The van der Waals surface area contributed by atoms with Crippen LogP contribution in [0.4, 0.5) is 11.4 Å². The molecular weight excluding hydrogens is 268 g/mol. The van der Waals surface area contributed by atoms with Crippen LogP contribution < -0.4 is 10.2 Å². The summed E-state index contributed by atoms with van der Waals surface area (Å²) in [5, 5.41) is 5.55. The van der Waals surface area contributed by atoms with Gasteiger partial charge in [-0.05, 0) is 25.1 Å². The van der Waals surface area contributed by atoms with Crippen molar-refractivity contribution >= 4 is 27.7 Å². The zero-order valence-electron chi connectivity index (χ0n) is 11.9. The van der Waals surface area contributed by atoms with E-state index in [1.54, 1.807) is 11.3 Å². The smallest absolute Gasteiger partial charge is 0.194 e. The van der Waals surface area contributed by atoms with Gasteiger partial charge in [-0.25, -0.2) is 4.98 Å². The lowest BCUT2D eigenvalue weighted by Crippen LogP contribution is -2.09. The Morgan fingerprint density at radius 1 is 1.35 bits per heavy atom. The van der Waals surface area contributed by atoms with Crippen LogP contribution in [-0.2, 0) is 6.54 Å². The van der Waals surface area contributed by atoms with Crippen molar-refractivity contribution in [1.82, 2.24) is 9.38 Å². The molecule has 2 aromatic heterocycles. The number of nitrogens with one attached hydrogen (secondary N) is 1. The summed E-state index contributed by atoms with van der Waals surface area (Å²) < 4.78 is 2.16. The van der Waals surface area contributed by atoms with Gasteiger partial charge in [0, 0.05) is 37.0 Å². The van der Waals surface area contributed by atoms with Crippen LogP contribution in [0.5, 0.6) is 0 Å². The molecule has 104 valence electrons. The molecule has 0 saturated carbocycles. The van der Waals surface area contributed by atoms with Crippen molar-refractivity contribution < 1.29 is 0 Å². The van der Waals surface area contributed by atoms with Crippen LogP contribution in [0.2, 0.25) is 0 Å². The number of fused-ring (bicyclic) bond motifs is 1. The van der Waals surface area contributed by atoms with E-state index in [4.69, 9.17) is 0 Å². The Labute approximate surface area is 122 Å². The van der Waals surface area contributed by atoms with Crippen molar-refractivity contribution in [2.75, 3.05) is 24.3 Å². The summed E-state index contributed by atoms with van der Waals surface area (Å²) in [7, 11) is 4.10. The Balaban J connectivity index is 1.81. The van der Waals surface area contributed by atoms with E-state index in [1.165, 1.54) is 11.4 Å². The zero-order chi connectivity index (χ0) is 14.1. The van der Waals surface area contributed by atoms with Gasteiger partial charge in [0.1, 0.15) is 0 Å². The van der Waals surface area contributed by atoms with E-state index in [1.807, 2.05) is 0 Å². The van der Waals surface area contributed by atoms with E-state index >= 15 is 0 Å². The monoisotopic (exact) mass is 286 g/mol. The molecule has 3 rings (SSSR count). The number of imidazole rings is 1. The van der Waals surface area contributed by atoms with Crippen LogP contribution in [0.15, 0.2) is 35.8 Å². The lowest BCUT2D eigenvalue weighted by Gasteiger charge is -2.14. The molecule has 0 aliphatic heterocycles. The first-order valence-corrected chi connectivity index (χ1v) is 7.45. The number of benzene rings is 1. The predicted molar refractivity (Wildman–Crippen MR) is 85.9 cm³/mol. The third-order valence-electron chi connectivity index (χ3n) is 3.38. The van der Waals surface area contributed by atoms with Gasteiger partial charge in [-0.3, -0.25) is 4.40 Å². The molecule has 0 saturated heterocycles. The molecule has 0 aliphatic carbocycles. The summed E-state index contributed by atoms with van der Waals surface area (Å²) >= 11 is 1.67. The van der Waals surface area contributed by atoms with Gasteiger partial charge < -0.3 is 10.2 Å². The number of nitrogens with zero attached hydrogens (tertiary/aromatic N) is 3. The highest BCUT2D eigenvalue weighted by Gasteiger charge is 2.09. The van der Waals surface area contributed by atoms with Crippen LogP contribution in [0, 0.1) is 6.92 Å². The molecule has 0 atom stereocenters. The number of hydrogen-bond acceptors (Lipinski definition) is 4. The number of thiazole rings is 1. The summed E-state index contributed by atoms with van der Waals surface area (Å²) in [6.07, 6.45) is 2.08. The molecule has 20 heavy (non-hydrogen) atoms. The second-order valence-electron chi connectivity index (χ2n) is 5.00. The highest BCUT2D eigenvalue weighted by atomic mass is 32.1. The van der Waals surface area contributed by atoms with Gasteiger partial charge in [0.25, 0.3) is 0 Å². The van der Waals surface area contributed by atoms with Gasteiger partial charge in [0.15, 0.2) is 4.96 Å². The second kappa shape index (κ2) is 5.17. The topological polar surface area (TPSA) is 32.6 Å². The van der Waals surface area contributed by atoms with Gasteiger partial charge in [0.05, 0.1) is 17.9 Å². The van der Waals surface area contributed by atoms with Gasteiger partial charge in [0.2, 0.25) is 0 Å². The molecule has 0 radical (unpaired) electrons. The highest BCUT2D eigenvalue weighted by molar-refractivity contribution is 7.15. The molecule has 4 nitrogen and oxygen atoms in total. The van der Waals surface area contributed by atoms with Crippen LogP contribution in [0.3, 0.4) is 0 Å². The van der Waals surface area contributed by atoms with Gasteiger partial charge in [-0.15, -0.1) is 11.3 Å². The fourth-order valence-corrected chi connectivity index (χ4v) is 3.01. The van der Waals surface area contributed by atoms with Crippen LogP contribution >= 0.6 is 11.3 Å². The van der Waals surface area contributed by atoms with Crippen molar-refractivity contribution in [3.05, 3.63) is 47.2 Å². The van der Waals surface area contributed by atoms with Crippen molar-refractivity contribution in [2.45, 2.75) is 13.5 Å². The average molecular weight is 286 g/mol. The van der Waals surface area contributed by atoms with Crippen LogP contribution in [-0.4, -0.2) is 23.5 Å². The largest absolute Gasteiger partial charge is 0.379 e. The Bertz CT molecular complexity index is 726. The third-order valence-corrected chi connectivity index (χ3v) is 4.14. The number of rotatable bonds is 4. The molecule has 0 bridgehead atoms. The van der Waals surface area contributed by atoms with E-state index in [2.05, 4.69) is 76.5 Å². The zero-order valence-corrected chi connectivity index (χ0v) is 12.7. The van der Waals surface area contributed by atoms with Crippen LogP contribution in [0.1, 0.15) is 11.4 Å². The summed E-state index contributed by atoms with van der Waals surface area (Å²) in [5.74, 6) is 0. The maximum atomic E-state index is 4.56. The Morgan fingerprint density at radius 2 is 2.20 bits per heavy atom. The fraction of sp³-hybridized carbons (Fsp3) is 0.267. The maximum Gasteiger partial charge on any atom is 0.194 e. The summed E-state index contributed by atoms with van der Waals surface area (Å²) in [6, 6.07) is 8.42. The third kappa shape index (κ3) is 2.36. The minimum atomic E-state index is 0.778. The van der Waals surface area contributed by atoms with E-state index in [0.29, 0.717) is 0 Å². The Kier molecular flexibility index (Phi) is 3.36. The molecule has 0 fully saturated rings. The number of hydrogen-bond donors (Lipinski definition) is 1. The quantitative estimate of drug-likeness (QED) is 0.798. The van der Waals surface area contributed by atoms with Gasteiger partial charge in [-0.1, -0.05) is 6.07 Å². The number of aryl methyl sites for hydroxylation is 1. The molecule has 0 spiro atoms. The van der Waals surface area contributed by atoms with Crippen molar-refractivity contribution in [3.63, 3.8) is 0 Å². The van der Waals surface area contributed by atoms with E-state index in [-0.39, 0.29) is 0 Å². The van der Waals surface area contributed by atoms with E-state index in [0.717, 1.165) is 22.9 Å². The lowest BCUT2D eigenvalue weighted by atomic mass is 10.2. The number of anilines is 2. The maximum absolute atomic E-state index is 4.56. The van der Waals surface area contributed by atoms with Crippen molar-refractivity contribution in [1.29, 1.82) is 0 Å². The molecule has 5 heteroatoms. The Morgan fingerprint density at radius 3 is 3.00 bits per heavy atom. The Hall–Kier alpha value is -2.01. The molecule has 0 unspecified atom stereocenters. The second-order valence-corrected chi connectivity index (χ2v) is 5.87. The average Bonchev–Trinajstić information content (AvgIpc) is 2.97. The molecule has 0 aliphatic rings. The minimum Gasteiger partial charge on any atom is -0.379 e. The van der Waals surface area contributed by atoms with Crippen molar-refractivity contribution in [3.8, 4) is 0 Å².